The Labute approximate surface area is 109 Å². The molecular weight excluding hydrogens is 256 g/mol. The number of rotatable bonds is 3. The highest BCUT2D eigenvalue weighted by Crippen LogP contribution is 2.33. The summed E-state index contributed by atoms with van der Waals surface area (Å²) >= 11 is 0. The zero-order valence-electron chi connectivity index (χ0n) is 10.6. The maximum absolute atomic E-state index is 12.7. The second kappa shape index (κ2) is 6.12. The minimum absolute atomic E-state index is 0.0362. The first-order valence-electron chi connectivity index (χ1n) is 6.61. The van der Waals surface area contributed by atoms with Crippen molar-refractivity contribution in [3.05, 3.63) is 17.3 Å². The van der Waals surface area contributed by atoms with Gasteiger partial charge in [0.05, 0.1) is 0 Å². The van der Waals surface area contributed by atoms with E-state index in [4.69, 9.17) is 9.52 Å². The van der Waals surface area contributed by atoms with Crippen LogP contribution in [0.15, 0.2) is 4.42 Å². The molecule has 1 saturated carbocycles. The molecule has 106 valence electrons. The fraction of sp³-hybridized carbons (Fsp3) is 0.692. The lowest BCUT2D eigenvalue weighted by Crippen LogP contribution is -2.03. The second-order valence-corrected chi connectivity index (χ2v) is 4.91. The topological polar surface area (TPSA) is 63.3 Å². The molecule has 1 aromatic rings. The van der Waals surface area contributed by atoms with Gasteiger partial charge in [0.25, 0.3) is 6.43 Å². The van der Waals surface area contributed by atoms with E-state index in [9.17, 15) is 13.6 Å². The summed E-state index contributed by atoms with van der Waals surface area (Å²) in [6.45, 7) is 0. The van der Waals surface area contributed by atoms with Crippen LogP contribution in [0.4, 0.5) is 8.78 Å². The van der Waals surface area contributed by atoms with E-state index in [1.807, 2.05) is 0 Å². The van der Waals surface area contributed by atoms with E-state index in [2.05, 4.69) is 4.98 Å². The van der Waals surface area contributed by atoms with Crippen LogP contribution in [0.25, 0.3) is 0 Å². The number of alkyl halides is 2. The van der Waals surface area contributed by atoms with Crippen molar-refractivity contribution in [3.8, 4) is 0 Å². The monoisotopic (exact) mass is 273 g/mol. The quantitative estimate of drug-likeness (QED) is 0.899. The third-order valence-corrected chi connectivity index (χ3v) is 3.53. The molecule has 1 aliphatic rings. The summed E-state index contributed by atoms with van der Waals surface area (Å²) in [7, 11) is 0. The maximum Gasteiger partial charge on any atom is 0.374 e. The molecule has 0 saturated heterocycles. The van der Waals surface area contributed by atoms with Crippen molar-refractivity contribution >= 4 is 5.97 Å². The number of hydrogen-bond donors (Lipinski definition) is 1. The lowest BCUT2D eigenvalue weighted by atomic mass is 9.91. The number of hydrogen-bond acceptors (Lipinski definition) is 3. The Balaban J connectivity index is 2.23. The molecule has 0 radical (unpaired) electrons. The van der Waals surface area contributed by atoms with Gasteiger partial charge in [0.2, 0.25) is 5.76 Å². The molecule has 0 amide bonds. The second-order valence-electron chi connectivity index (χ2n) is 4.91. The van der Waals surface area contributed by atoms with Gasteiger partial charge in [-0.3, -0.25) is 0 Å². The summed E-state index contributed by atoms with van der Waals surface area (Å²) in [5, 5.41) is 8.86. The Morgan fingerprint density at radius 1 is 1.21 bits per heavy atom. The standard InChI is InChI=1S/C13H17F2NO3/c14-11(15)9-10(13(17)18)19-12(16-9)8-6-4-2-1-3-5-7-8/h8,11H,1-7H2,(H,17,18). The van der Waals surface area contributed by atoms with Crippen molar-refractivity contribution in [3.63, 3.8) is 0 Å². The zero-order valence-corrected chi connectivity index (χ0v) is 10.6. The van der Waals surface area contributed by atoms with Crippen molar-refractivity contribution in [1.82, 2.24) is 4.98 Å². The number of carboxylic acids is 1. The fourth-order valence-electron chi connectivity index (χ4n) is 2.53. The third-order valence-electron chi connectivity index (χ3n) is 3.53. The Kier molecular flexibility index (Phi) is 4.50. The first-order valence-corrected chi connectivity index (χ1v) is 6.61. The largest absolute Gasteiger partial charge is 0.475 e. The van der Waals surface area contributed by atoms with Crippen molar-refractivity contribution < 1.29 is 23.1 Å². The molecule has 0 spiro atoms. The van der Waals surface area contributed by atoms with Crippen molar-refractivity contribution in [2.45, 2.75) is 57.3 Å². The van der Waals surface area contributed by atoms with Gasteiger partial charge in [0.1, 0.15) is 0 Å². The number of aromatic nitrogens is 1. The molecule has 0 aliphatic heterocycles. The summed E-state index contributed by atoms with van der Waals surface area (Å²) < 4.78 is 30.5. The molecule has 1 N–H and O–H groups in total. The molecule has 0 unspecified atom stereocenters. The molecule has 1 heterocycles. The molecule has 0 atom stereocenters. The van der Waals surface area contributed by atoms with Crippen LogP contribution < -0.4 is 0 Å². The van der Waals surface area contributed by atoms with E-state index in [0.717, 1.165) is 38.5 Å². The van der Waals surface area contributed by atoms with Crippen LogP contribution in [-0.2, 0) is 0 Å². The van der Waals surface area contributed by atoms with Gasteiger partial charge >= 0.3 is 5.97 Å². The average Bonchev–Trinajstić information content (AvgIpc) is 2.73. The van der Waals surface area contributed by atoms with Gasteiger partial charge in [-0.15, -0.1) is 0 Å². The minimum atomic E-state index is -2.92. The van der Waals surface area contributed by atoms with Crippen LogP contribution in [0.2, 0.25) is 0 Å². The Bertz CT molecular complexity index is 437. The third kappa shape index (κ3) is 3.30. The number of aromatic carboxylic acids is 1. The molecule has 1 fully saturated rings. The van der Waals surface area contributed by atoms with E-state index in [1.165, 1.54) is 6.42 Å². The summed E-state index contributed by atoms with van der Waals surface area (Å²) in [6.07, 6.45) is 4.15. The molecule has 1 aromatic heterocycles. The molecule has 1 aliphatic carbocycles. The zero-order chi connectivity index (χ0) is 13.8. The van der Waals surface area contributed by atoms with Crippen molar-refractivity contribution in [1.29, 1.82) is 0 Å². The van der Waals surface area contributed by atoms with Gasteiger partial charge in [0.15, 0.2) is 11.6 Å². The number of carboxylic acid groups (broad SMARTS) is 1. The van der Waals surface area contributed by atoms with Crippen LogP contribution in [0.5, 0.6) is 0 Å². The summed E-state index contributed by atoms with van der Waals surface area (Å²) in [4.78, 5) is 14.6. The normalized spacial score (nSPS) is 18.3. The van der Waals surface area contributed by atoms with E-state index in [-0.39, 0.29) is 11.8 Å². The average molecular weight is 273 g/mol. The Hall–Kier alpha value is -1.46. The molecule has 6 heteroatoms. The lowest BCUT2D eigenvalue weighted by Gasteiger charge is -2.16. The summed E-state index contributed by atoms with van der Waals surface area (Å²) in [5.74, 6) is -2.08. The molecular formula is C13H17F2NO3. The van der Waals surface area contributed by atoms with Gasteiger partial charge in [-0.2, -0.15) is 0 Å². The summed E-state index contributed by atoms with van der Waals surface area (Å²) in [6, 6.07) is 0. The van der Waals surface area contributed by atoms with Crippen LogP contribution in [0.1, 0.15) is 79.4 Å². The van der Waals surface area contributed by atoms with Crippen molar-refractivity contribution in [2.24, 2.45) is 0 Å². The number of carbonyl (C=O) groups is 1. The van der Waals surface area contributed by atoms with Gasteiger partial charge in [-0.25, -0.2) is 18.6 Å². The molecule has 19 heavy (non-hydrogen) atoms. The SMILES string of the molecule is O=C(O)c1oc(C2CCCCCCC2)nc1C(F)F. The molecule has 4 nitrogen and oxygen atoms in total. The smallest absolute Gasteiger partial charge is 0.374 e. The van der Waals surface area contributed by atoms with E-state index >= 15 is 0 Å². The Morgan fingerprint density at radius 2 is 1.79 bits per heavy atom. The van der Waals surface area contributed by atoms with Crippen LogP contribution >= 0.6 is 0 Å². The minimum Gasteiger partial charge on any atom is -0.475 e. The summed E-state index contributed by atoms with van der Waals surface area (Å²) in [5.41, 5.74) is -0.746. The van der Waals surface area contributed by atoms with Gasteiger partial charge in [-0.05, 0) is 12.8 Å². The first-order chi connectivity index (χ1) is 9.09. The predicted molar refractivity (Wildman–Crippen MR) is 63.5 cm³/mol. The van der Waals surface area contributed by atoms with E-state index in [0.29, 0.717) is 0 Å². The van der Waals surface area contributed by atoms with Gasteiger partial charge < -0.3 is 9.52 Å². The predicted octanol–water partition coefficient (Wildman–Crippen LogP) is 4.14. The first kappa shape index (κ1) is 14.0. The van der Waals surface area contributed by atoms with Crippen molar-refractivity contribution in [2.75, 3.05) is 0 Å². The number of nitrogens with zero attached hydrogens (tertiary/aromatic N) is 1. The maximum atomic E-state index is 12.7. The number of halogens is 2. The van der Waals surface area contributed by atoms with E-state index < -0.39 is 23.8 Å². The molecule has 0 aromatic carbocycles. The fourth-order valence-corrected chi connectivity index (χ4v) is 2.53. The lowest BCUT2D eigenvalue weighted by molar-refractivity contribution is 0.0643. The Morgan fingerprint density at radius 3 is 2.26 bits per heavy atom. The van der Waals surface area contributed by atoms with Gasteiger partial charge in [-0.1, -0.05) is 32.1 Å². The van der Waals surface area contributed by atoms with Crippen LogP contribution in [-0.4, -0.2) is 16.1 Å². The van der Waals surface area contributed by atoms with E-state index in [1.54, 1.807) is 0 Å². The number of oxazole rings is 1. The van der Waals surface area contributed by atoms with Crippen LogP contribution in [0.3, 0.4) is 0 Å². The molecule has 0 bridgehead atoms. The highest BCUT2D eigenvalue weighted by Gasteiger charge is 2.29. The highest BCUT2D eigenvalue weighted by molar-refractivity contribution is 5.85. The van der Waals surface area contributed by atoms with Crippen LogP contribution in [0, 0.1) is 0 Å². The van der Waals surface area contributed by atoms with Gasteiger partial charge in [0, 0.05) is 5.92 Å². The molecule has 2 rings (SSSR count). The highest BCUT2D eigenvalue weighted by atomic mass is 19.3.